The molecule has 1 aromatic carbocycles. The Balaban J connectivity index is 1.70. The summed E-state index contributed by atoms with van der Waals surface area (Å²) in [5.74, 6) is -0.791. The van der Waals surface area contributed by atoms with Crippen LogP contribution in [0.3, 0.4) is 0 Å². The molecule has 1 amide bonds. The molecule has 2 N–H and O–H groups in total. The highest BCUT2D eigenvalue weighted by atomic mass is 35.5. The summed E-state index contributed by atoms with van der Waals surface area (Å²) in [4.78, 5) is 27.6. The molecule has 9 heteroatoms. The van der Waals surface area contributed by atoms with Crippen molar-refractivity contribution in [1.29, 1.82) is 0 Å². The Morgan fingerprint density at radius 1 is 1.23 bits per heavy atom. The summed E-state index contributed by atoms with van der Waals surface area (Å²) in [6.45, 7) is -0.123. The van der Waals surface area contributed by atoms with Crippen LogP contribution in [0.1, 0.15) is 5.56 Å². The number of carbonyl (C=O) groups is 1. The van der Waals surface area contributed by atoms with E-state index in [9.17, 15) is 14.0 Å². The monoisotopic (exact) mass is 374 g/mol. The van der Waals surface area contributed by atoms with Crippen molar-refractivity contribution in [2.24, 2.45) is 0 Å². The van der Waals surface area contributed by atoms with Gasteiger partial charge >= 0.3 is 11.7 Å². The second-order valence-corrected chi connectivity index (χ2v) is 5.60. The number of aromatic nitrogens is 3. The van der Waals surface area contributed by atoms with Crippen LogP contribution in [0.5, 0.6) is 5.75 Å². The number of ether oxygens (including phenoxy) is 1. The molecule has 0 aliphatic carbocycles. The quantitative estimate of drug-likeness (QED) is 0.731. The van der Waals surface area contributed by atoms with Crippen molar-refractivity contribution in [2.75, 3.05) is 0 Å². The first-order valence-electron chi connectivity index (χ1n) is 7.42. The maximum Gasteiger partial charge on any atom is 0.413 e. The average Bonchev–Trinajstić information content (AvgIpc) is 2.63. The van der Waals surface area contributed by atoms with E-state index in [1.54, 1.807) is 24.5 Å². The van der Waals surface area contributed by atoms with Gasteiger partial charge in [0.15, 0.2) is 0 Å². The van der Waals surface area contributed by atoms with Gasteiger partial charge in [-0.15, -0.1) is 0 Å². The molecule has 0 saturated carbocycles. The number of nitrogens with zero attached hydrogens (tertiary/aromatic N) is 2. The van der Waals surface area contributed by atoms with E-state index in [0.29, 0.717) is 11.3 Å². The van der Waals surface area contributed by atoms with Crippen LogP contribution in [0.4, 0.5) is 9.18 Å². The normalized spacial score (nSPS) is 10.4. The largest absolute Gasteiger partial charge is 0.413 e. The molecule has 0 unspecified atom stereocenters. The van der Waals surface area contributed by atoms with E-state index in [1.165, 1.54) is 18.2 Å². The molecule has 0 spiro atoms. The summed E-state index contributed by atoms with van der Waals surface area (Å²) >= 11 is 5.67. The highest BCUT2D eigenvalue weighted by molar-refractivity contribution is 6.30. The fourth-order valence-electron chi connectivity index (χ4n) is 2.10. The van der Waals surface area contributed by atoms with Gasteiger partial charge in [-0.1, -0.05) is 17.7 Å². The molecule has 26 heavy (non-hydrogen) atoms. The Bertz CT molecular complexity index is 995. The first kappa shape index (κ1) is 17.6. The van der Waals surface area contributed by atoms with E-state index in [0.717, 1.165) is 6.07 Å². The van der Waals surface area contributed by atoms with E-state index < -0.39 is 17.5 Å². The van der Waals surface area contributed by atoms with Crippen molar-refractivity contribution in [3.8, 4) is 17.0 Å². The number of nitrogens with one attached hydrogen (secondary N) is 2. The van der Waals surface area contributed by atoms with Crippen molar-refractivity contribution in [2.45, 2.75) is 6.54 Å². The smallest absolute Gasteiger partial charge is 0.404 e. The van der Waals surface area contributed by atoms with Crippen LogP contribution >= 0.6 is 11.6 Å². The second kappa shape index (κ2) is 7.75. The van der Waals surface area contributed by atoms with Gasteiger partial charge in [-0.05, 0) is 24.3 Å². The fraction of sp³-hybridized carbons (Fsp3) is 0.0588. The predicted octanol–water partition coefficient (Wildman–Crippen LogP) is 2.91. The molecule has 2 aromatic heterocycles. The average molecular weight is 375 g/mol. The molecule has 7 nitrogen and oxygen atoms in total. The lowest BCUT2D eigenvalue weighted by Crippen LogP contribution is -2.29. The Morgan fingerprint density at radius 2 is 2.00 bits per heavy atom. The van der Waals surface area contributed by atoms with Crippen molar-refractivity contribution in [3.63, 3.8) is 0 Å². The number of amides is 1. The number of hydrogen-bond donors (Lipinski definition) is 2. The number of benzene rings is 1. The molecule has 3 rings (SSSR count). The molecule has 0 aliphatic heterocycles. The van der Waals surface area contributed by atoms with Gasteiger partial charge in [0, 0.05) is 41.2 Å². The molecule has 132 valence electrons. The lowest BCUT2D eigenvalue weighted by Gasteiger charge is -2.08. The third-order valence-electron chi connectivity index (χ3n) is 3.39. The minimum absolute atomic E-state index is 0.123. The van der Waals surface area contributed by atoms with Crippen molar-refractivity contribution in [1.82, 2.24) is 20.5 Å². The Hall–Kier alpha value is -3.26. The third kappa shape index (κ3) is 4.22. The standard InChI is InChI=1S/C17H12ClFN4O3/c18-12-2-1-11(13(19)7-12)9-21-17(25)26-15-8-14(22-23-16(15)24)10-3-5-20-6-4-10/h1-8H,9H2,(H,21,25)(H,23,24). The van der Waals surface area contributed by atoms with E-state index in [-0.39, 0.29) is 22.9 Å². The van der Waals surface area contributed by atoms with Gasteiger partial charge in [0.2, 0.25) is 5.75 Å². The van der Waals surface area contributed by atoms with Gasteiger partial charge in [-0.3, -0.25) is 9.78 Å². The Labute approximate surface area is 151 Å². The van der Waals surface area contributed by atoms with Gasteiger partial charge in [-0.25, -0.2) is 14.3 Å². The van der Waals surface area contributed by atoms with Crippen molar-refractivity contribution >= 4 is 17.7 Å². The lowest BCUT2D eigenvalue weighted by molar-refractivity contribution is 0.199. The van der Waals surface area contributed by atoms with Crippen LogP contribution in [0.25, 0.3) is 11.3 Å². The summed E-state index contributed by atoms with van der Waals surface area (Å²) in [7, 11) is 0. The minimum atomic E-state index is -0.906. The number of H-pyrrole nitrogens is 1. The lowest BCUT2D eigenvalue weighted by atomic mass is 10.2. The molecule has 2 heterocycles. The zero-order valence-corrected chi connectivity index (χ0v) is 14.0. The highest BCUT2D eigenvalue weighted by Crippen LogP contribution is 2.17. The van der Waals surface area contributed by atoms with Crippen LogP contribution < -0.4 is 15.6 Å². The molecule has 3 aromatic rings. The third-order valence-corrected chi connectivity index (χ3v) is 3.62. The Morgan fingerprint density at radius 3 is 2.73 bits per heavy atom. The van der Waals surface area contributed by atoms with Crippen LogP contribution in [-0.4, -0.2) is 21.3 Å². The number of rotatable bonds is 4. The zero-order chi connectivity index (χ0) is 18.5. The number of hydrogen-bond acceptors (Lipinski definition) is 5. The Kier molecular flexibility index (Phi) is 5.23. The summed E-state index contributed by atoms with van der Waals surface area (Å²) in [6.07, 6.45) is 2.23. The molecular weight excluding hydrogens is 363 g/mol. The summed E-state index contributed by atoms with van der Waals surface area (Å²) < 4.78 is 18.7. The van der Waals surface area contributed by atoms with Gasteiger partial charge < -0.3 is 10.1 Å². The summed E-state index contributed by atoms with van der Waals surface area (Å²) in [5, 5.41) is 8.76. The molecular formula is C17H12ClFN4O3. The molecule has 0 radical (unpaired) electrons. The van der Waals surface area contributed by atoms with Gasteiger partial charge in [0.1, 0.15) is 5.82 Å². The van der Waals surface area contributed by atoms with E-state index in [2.05, 4.69) is 20.5 Å². The van der Waals surface area contributed by atoms with Crippen LogP contribution in [-0.2, 0) is 6.54 Å². The molecule has 0 fully saturated rings. The summed E-state index contributed by atoms with van der Waals surface area (Å²) in [6, 6.07) is 8.79. The molecule has 0 atom stereocenters. The van der Waals surface area contributed by atoms with E-state index in [4.69, 9.17) is 16.3 Å². The predicted molar refractivity (Wildman–Crippen MR) is 92.4 cm³/mol. The van der Waals surface area contributed by atoms with Crippen molar-refractivity contribution in [3.05, 3.63) is 75.5 Å². The summed E-state index contributed by atoms with van der Waals surface area (Å²) in [5.41, 5.74) is 0.645. The SMILES string of the molecule is O=C(NCc1ccc(Cl)cc1F)Oc1cc(-c2ccncc2)n[nH]c1=O. The maximum atomic E-state index is 13.7. The van der Waals surface area contributed by atoms with E-state index in [1.807, 2.05) is 0 Å². The van der Waals surface area contributed by atoms with Gasteiger partial charge in [-0.2, -0.15) is 5.10 Å². The van der Waals surface area contributed by atoms with Crippen molar-refractivity contribution < 1.29 is 13.9 Å². The fourth-order valence-corrected chi connectivity index (χ4v) is 2.26. The topological polar surface area (TPSA) is 97.0 Å². The maximum absolute atomic E-state index is 13.7. The second-order valence-electron chi connectivity index (χ2n) is 5.16. The van der Waals surface area contributed by atoms with Crippen LogP contribution in [0.2, 0.25) is 5.02 Å². The first-order chi connectivity index (χ1) is 12.5. The zero-order valence-electron chi connectivity index (χ0n) is 13.2. The highest BCUT2D eigenvalue weighted by Gasteiger charge is 2.12. The number of aromatic amines is 1. The minimum Gasteiger partial charge on any atom is -0.404 e. The van der Waals surface area contributed by atoms with Crippen LogP contribution in [0.15, 0.2) is 53.6 Å². The van der Waals surface area contributed by atoms with Gasteiger partial charge in [0.25, 0.3) is 0 Å². The van der Waals surface area contributed by atoms with E-state index >= 15 is 0 Å². The number of halogens is 2. The molecule has 0 bridgehead atoms. The van der Waals surface area contributed by atoms with Crippen LogP contribution in [0, 0.1) is 5.82 Å². The number of carbonyl (C=O) groups excluding carboxylic acids is 1. The molecule has 0 aliphatic rings. The first-order valence-corrected chi connectivity index (χ1v) is 7.80. The molecule has 0 saturated heterocycles. The van der Waals surface area contributed by atoms with Gasteiger partial charge in [0.05, 0.1) is 5.69 Å². The number of pyridine rings is 1.